The van der Waals surface area contributed by atoms with Crippen LogP contribution in [0.25, 0.3) is 20.7 Å². The molecule has 6 heteroatoms. The molecule has 2 N–H and O–H groups in total. The van der Waals surface area contributed by atoms with Crippen LogP contribution in [-0.2, 0) is 11.3 Å². The number of benzene rings is 1. The van der Waals surface area contributed by atoms with Crippen LogP contribution in [0.1, 0.15) is 19.7 Å². The normalized spacial score (nSPS) is 23.8. The average Bonchev–Trinajstić information content (AvgIpc) is 2.99. The second-order valence-corrected chi connectivity index (χ2v) is 7.83. The van der Waals surface area contributed by atoms with Gasteiger partial charge in [-0.05, 0) is 25.5 Å². The molecule has 3 aromatic rings. The molecule has 0 amide bonds. The number of H-pyrrole nitrogens is 1. The molecule has 1 fully saturated rings. The molecule has 0 unspecified atom stereocenters. The second-order valence-electron chi connectivity index (χ2n) is 6.80. The molecular formula is C19H22N3O2S+. The van der Waals surface area contributed by atoms with Crippen LogP contribution in [0.2, 0.25) is 0 Å². The molecule has 0 bridgehead atoms. The summed E-state index contributed by atoms with van der Waals surface area (Å²) in [6, 6.07) is 12.1. The van der Waals surface area contributed by atoms with Crippen molar-refractivity contribution >= 4 is 21.6 Å². The van der Waals surface area contributed by atoms with E-state index in [1.807, 2.05) is 24.3 Å². The number of hydrogen-bond acceptors (Lipinski definition) is 4. The fourth-order valence-electron chi connectivity index (χ4n) is 3.57. The summed E-state index contributed by atoms with van der Waals surface area (Å²) in [5.74, 6) is 0.760. The van der Waals surface area contributed by atoms with Crippen molar-refractivity contribution in [3.8, 4) is 10.4 Å². The van der Waals surface area contributed by atoms with Crippen molar-refractivity contribution in [1.29, 1.82) is 0 Å². The lowest BCUT2D eigenvalue weighted by molar-refractivity contribution is -0.928. The predicted octanol–water partition coefficient (Wildman–Crippen LogP) is 1.84. The molecule has 1 aliphatic heterocycles. The van der Waals surface area contributed by atoms with E-state index in [1.54, 1.807) is 11.3 Å². The van der Waals surface area contributed by atoms with Crippen LogP contribution in [0.15, 0.2) is 41.2 Å². The summed E-state index contributed by atoms with van der Waals surface area (Å²) >= 11 is 1.58. The standard InChI is InChI=1S/C19H21N3O2S/c1-12-9-22(10-13(2)24-12)11-17-20-18(23)15-8-16(25-19(15)21-17)14-6-4-3-5-7-14/h3-8,12-13H,9-11H2,1-2H3,(H,20,21,23)/p+1/t12-,13-/m1/s1. The number of hydrogen-bond donors (Lipinski definition) is 2. The highest BCUT2D eigenvalue weighted by Crippen LogP contribution is 2.30. The summed E-state index contributed by atoms with van der Waals surface area (Å²) in [5, 5.41) is 0.673. The van der Waals surface area contributed by atoms with Crippen molar-refractivity contribution in [2.75, 3.05) is 13.1 Å². The van der Waals surface area contributed by atoms with Gasteiger partial charge in [0.1, 0.15) is 36.7 Å². The molecule has 25 heavy (non-hydrogen) atoms. The van der Waals surface area contributed by atoms with Crippen LogP contribution in [0.5, 0.6) is 0 Å². The fraction of sp³-hybridized carbons (Fsp3) is 0.368. The summed E-state index contributed by atoms with van der Waals surface area (Å²) < 4.78 is 5.79. The van der Waals surface area contributed by atoms with Crippen LogP contribution < -0.4 is 10.5 Å². The highest BCUT2D eigenvalue weighted by Gasteiger charge is 2.26. The quantitative estimate of drug-likeness (QED) is 0.753. The lowest BCUT2D eigenvalue weighted by Gasteiger charge is -2.32. The maximum absolute atomic E-state index is 12.5. The molecule has 0 saturated carbocycles. The third-order valence-electron chi connectivity index (χ3n) is 4.54. The van der Waals surface area contributed by atoms with Gasteiger partial charge in [0.15, 0.2) is 5.82 Å². The van der Waals surface area contributed by atoms with E-state index in [-0.39, 0.29) is 17.8 Å². The number of morpholine rings is 1. The van der Waals surface area contributed by atoms with Gasteiger partial charge < -0.3 is 14.6 Å². The van der Waals surface area contributed by atoms with Gasteiger partial charge in [-0.2, -0.15) is 0 Å². The molecule has 130 valence electrons. The highest BCUT2D eigenvalue weighted by atomic mass is 32.1. The van der Waals surface area contributed by atoms with E-state index in [4.69, 9.17) is 9.72 Å². The van der Waals surface area contributed by atoms with Gasteiger partial charge in [0.25, 0.3) is 5.56 Å². The van der Waals surface area contributed by atoms with Crippen molar-refractivity contribution in [1.82, 2.24) is 9.97 Å². The third kappa shape index (κ3) is 3.51. The van der Waals surface area contributed by atoms with Crippen LogP contribution in [0.4, 0.5) is 0 Å². The molecule has 1 aliphatic rings. The zero-order valence-electron chi connectivity index (χ0n) is 14.4. The molecule has 0 spiro atoms. The number of ether oxygens (including phenoxy) is 1. The van der Waals surface area contributed by atoms with Gasteiger partial charge in [-0.15, -0.1) is 11.3 Å². The van der Waals surface area contributed by atoms with E-state index in [2.05, 4.69) is 31.0 Å². The van der Waals surface area contributed by atoms with Gasteiger partial charge >= 0.3 is 0 Å². The number of aromatic nitrogens is 2. The largest absolute Gasteiger partial charge is 0.364 e. The molecule has 0 radical (unpaired) electrons. The fourth-order valence-corrected chi connectivity index (χ4v) is 4.63. The maximum Gasteiger partial charge on any atom is 0.259 e. The number of fused-ring (bicyclic) bond motifs is 1. The maximum atomic E-state index is 12.5. The number of quaternary nitrogens is 1. The highest BCUT2D eigenvalue weighted by molar-refractivity contribution is 7.21. The summed E-state index contributed by atoms with van der Waals surface area (Å²) in [6.45, 7) is 6.79. The first-order valence-electron chi connectivity index (χ1n) is 8.65. The van der Waals surface area contributed by atoms with Crippen molar-refractivity contribution in [2.45, 2.75) is 32.6 Å². The Kier molecular flexibility index (Phi) is 4.41. The van der Waals surface area contributed by atoms with Crippen molar-refractivity contribution < 1.29 is 9.64 Å². The molecular weight excluding hydrogens is 334 g/mol. The van der Waals surface area contributed by atoms with Crippen molar-refractivity contribution in [3.63, 3.8) is 0 Å². The summed E-state index contributed by atoms with van der Waals surface area (Å²) in [4.78, 5) is 23.5. The topological polar surface area (TPSA) is 59.4 Å². The first-order valence-corrected chi connectivity index (χ1v) is 9.47. The molecule has 2 atom stereocenters. The smallest absolute Gasteiger partial charge is 0.259 e. The Balaban J connectivity index is 1.64. The zero-order valence-corrected chi connectivity index (χ0v) is 15.2. The van der Waals surface area contributed by atoms with Gasteiger partial charge in [-0.25, -0.2) is 4.98 Å². The minimum Gasteiger partial charge on any atom is -0.364 e. The summed E-state index contributed by atoms with van der Waals surface area (Å²) in [7, 11) is 0. The Morgan fingerprint density at radius 2 is 1.96 bits per heavy atom. The summed E-state index contributed by atoms with van der Waals surface area (Å²) in [5.41, 5.74) is 1.07. The third-order valence-corrected chi connectivity index (χ3v) is 5.62. The van der Waals surface area contributed by atoms with Crippen LogP contribution >= 0.6 is 11.3 Å². The Hall–Kier alpha value is -2.02. The number of rotatable bonds is 3. The van der Waals surface area contributed by atoms with Gasteiger partial charge in [-0.1, -0.05) is 30.3 Å². The SMILES string of the molecule is C[C@@H]1C[NH+](Cc2nc3sc(-c4ccccc4)cc3c(=O)[nH]2)C[C@@H](C)O1. The van der Waals surface area contributed by atoms with Crippen LogP contribution in [0.3, 0.4) is 0 Å². The molecule has 1 saturated heterocycles. The predicted molar refractivity (Wildman–Crippen MR) is 100 cm³/mol. The van der Waals surface area contributed by atoms with E-state index in [1.165, 1.54) is 4.90 Å². The molecule has 1 aromatic carbocycles. The monoisotopic (exact) mass is 356 g/mol. The lowest BCUT2D eigenvalue weighted by atomic mass is 10.2. The Morgan fingerprint density at radius 3 is 2.68 bits per heavy atom. The Morgan fingerprint density at radius 1 is 1.24 bits per heavy atom. The zero-order chi connectivity index (χ0) is 17.4. The van der Waals surface area contributed by atoms with Gasteiger partial charge in [0, 0.05) is 4.88 Å². The van der Waals surface area contributed by atoms with E-state index in [0.717, 1.165) is 40.7 Å². The Bertz CT molecular complexity index is 925. The first kappa shape index (κ1) is 16.4. The number of nitrogens with one attached hydrogen (secondary N) is 2. The number of aromatic amines is 1. The molecule has 5 nitrogen and oxygen atoms in total. The van der Waals surface area contributed by atoms with E-state index in [9.17, 15) is 4.79 Å². The lowest BCUT2D eigenvalue weighted by Crippen LogP contribution is -3.14. The molecule has 3 heterocycles. The molecule has 2 aromatic heterocycles. The van der Waals surface area contributed by atoms with Crippen molar-refractivity contribution in [2.24, 2.45) is 0 Å². The minimum atomic E-state index is -0.0489. The first-order chi connectivity index (χ1) is 12.1. The number of thiophene rings is 1. The Labute approximate surface area is 150 Å². The van der Waals surface area contributed by atoms with Crippen molar-refractivity contribution in [3.05, 3.63) is 52.6 Å². The van der Waals surface area contributed by atoms with Crippen LogP contribution in [-0.4, -0.2) is 35.3 Å². The van der Waals surface area contributed by atoms with Gasteiger partial charge in [0.2, 0.25) is 0 Å². The van der Waals surface area contributed by atoms with Gasteiger partial charge in [0.05, 0.1) is 5.39 Å². The second kappa shape index (κ2) is 6.71. The van der Waals surface area contributed by atoms with E-state index >= 15 is 0 Å². The minimum absolute atomic E-state index is 0.0489. The number of nitrogens with zero attached hydrogens (tertiary/aromatic N) is 1. The summed E-state index contributed by atoms with van der Waals surface area (Å²) in [6.07, 6.45) is 0.473. The van der Waals surface area contributed by atoms with Crippen LogP contribution in [0, 0.1) is 0 Å². The average molecular weight is 356 g/mol. The van der Waals surface area contributed by atoms with E-state index < -0.39 is 0 Å². The molecule has 0 aliphatic carbocycles. The van der Waals surface area contributed by atoms with Gasteiger partial charge in [-0.3, -0.25) is 4.79 Å². The van der Waals surface area contributed by atoms with E-state index in [0.29, 0.717) is 5.39 Å². The molecule has 4 rings (SSSR count).